The van der Waals surface area contributed by atoms with Crippen LogP contribution in [0.25, 0.3) is 10.9 Å². The first-order valence-electron chi connectivity index (χ1n) is 9.74. The number of carbonyl (C=O) groups excluding carboxylic acids is 1. The normalized spacial score (nSPS) is 10.8. The number of benzene rings is 3. The smallest absolute Gasteiger partial charge is 0.224 e. The Labute approximate surface area is 170 Å². The number of aromatic nitrogens is 1. The second-order valence-electron chi connectivity index (χ2n) is 7.15. The Balaban J connectivity index is 1.30. The van der Waals surface area contributed by atoms with E-state index in [1.807, 2.05) is 80.0 Å². The molecule has 0 aliphatic carbocycles. The molecule has 4 rings (SSSR count). The minimum atomic E-state index is 0.0192. The number of carbonyl (C=O) groups is 1. The van der Waals surface area contributed by atoms with Gasteiger partial charge in [0.25, 0.3) is 0 Å². The molecule has 1 amide bonds. The van der Waals surface area contributed by atoms with Crippen molar-refractivity contribution in [2.24, 2.45) is 7.05 Å². The SMILES string of the molecule is Cn1cc(CC(=O)NCc2ccc(OCc3ccccc3)cc2)c2ccccc21. The summed E-state index contributed by atoms with van der Waals surface area (Å²) in [6.07, 6.45) is 2.41. The van der Waals surface area contributed by atoms with Gasteiger partial charge in [-0.3, -0.25) is 4.79 Å². The highest BCUT2D eigenvalue weighted by atomic mass is 16.5. The van der Waals surface area contributed by atoms with Gasteiger partial charge in [-0.05, 0) is 34.9 Å². The number of para-hydroxylation sites is 1. The highest BCUT2D eigenvalue weighted by Crippen LogP contribution is 2.20. The van der Waals surface area contributed by atoms with Crippen molar-refractivity contribution in [3.8, 4) is 5.75 Å². The van der Waals surface area contributed by atoms with Crippen LogP contribution in [-0.4, -0.2) is 10.5 Å². The van der Waals surface area contributed by atoms with Crippen molar-refractivity contribution in [1.82, 2.24) is 9.88 Å². The van der Waals surface area contributed by atoms with Gasteiger partial charge >= 0.3 is 0 Å². The Bertz CT molecular complexity index is 1100. The van der Waals surface area contributed by atoms with Gasteiger partial charge < -0.3 is 14.6 Å². The Hall–Kier alpha value is -3.53. The fraction of sp³-hybridized carbons (Fsp3) is 0.160. The molecule has 1 heterocycles. The number of nitrogens with zero attached hydrogens (tertiary/aromatic N) is 1. The summed E-state index contributed by atoms with van der Waals surface area (Å²) in [5.74, 6) is 0.838. The van der Waals surface area contributed by atoms with E-state index in [2.05, 4.69) is 22.0 Å². The molecule has 4 aromatic rings. The lowest BCUT2D eigenvalue weighted by Crippen LogP contribution is -2.24. The van der Waals surface area contributed by atoms with Gasteiger partial charge in [0.2, 0.25) is 5.91 Å². The molecule has 4 nitrogen and oxygen atoms in total. The van der Waals surface area contributed by atoms with Crippen molar-refractivity contribution in [3.63, 3.8) is 0 Å². The van der Waals surface area contributed by atoms with E-state index in [1.54, 1.807) is 0 Å². The fourth-order valence-electron chi connectivity index (χ4n) is 3.45. The quantitative estimate of drug-likeness (QED) is 0.505. The molecule has 0 radical (unpaired) electrons. The zero-order valence-electron chi connectivity index (χ0n) is 16.5. The molecule has 0 unspecified atom stereocenters. The first-order valence-corrected chi connectivity index (χ1v) is 9.74. The lowest BCUT2D eigenvalue weighted by atomic mass is 10.1. The maximum Gasteiger partial charge on any atom is 0.224 e. The molecule has 1 aromatic heterocycles. The van der Waals surface area contributed by atoms with E-state index in [0.717, 1.165) is 33.3 Å². The Morgan fingerprint density at radius 1 is 0.897 bits per heavy atom. The van der Waals surface area contributed by atoms with Crippen molar-refractivity contribution in [1.29, 1.82) is 0 Å². The molecule has 4 heteroatoms. The van der Waals surface area contributed by atoms with Gasteiger partial charge in [-0.15, -0.1) is 0 Å². The summed E-state index contributed by atoms with van der Waals surface area (Å²) >= 11 is 0. The Morgan fingerprint density at radius 3 is 2.41 bits per heavy atom. The third-order valence-corrected chi connectivity index (χ3v) is 4.99. The third-order valence-electron chi connectivity index (χ3n) is 4.99. The maximum absolute atomic E-state index is 12.4. The molecule has 3 aromatic carbocycles. The van der Waals surface area contributed by atoms with E-state index in [0.29, 0.717) is 19.6 Å². The first kappa shape index (κ1) is 18.8. The van der Waals surface area contributed by atoms with Crippen molar-refractivity contribution in [2.45, 2.75) is 19.6 Å². The number of ether oxygens (including phenoxy) is 1. The van der Waals surface area contributed by atoms with Crippen LogP contribution in [0.15, 0.2) is 85.1 Å². The van der Waals surface area contributed by atoms with Crippen molar-refractivity contribution < 1.29 is 9.53 Å². The topological polar surface area (TPSA) is 43.3 Å². The van der Waals surface area contributed by atoms with Gasteiger partial charge in [-0.1, -0.05) is 60.7 Å². The second-order valence-corrected chi connectivity index (χ2v) is 7.15. The van der Waals surface area contributed by atoms with Crippen LogP contribution in [0.1, 0.15) is 16.7 Å². The number of fused-ring (bicyclic) bond motifs is 1. The number of hydrogen-bond acceptors (Lipinski definition) is 2. The average Bonchev–Trinajstić information content (AvgIpc) is 3.08. The summed E-state index contributed by atoms with van der Waals surface area (Å²) in [5.41, 5.74) is 4.37. The van der Waals surface area contributed by atoms with Gasteiger partial charge in [0.1, 0.15) is 12.4 Å². The molecule has 0 saturated heterocycles. The van der Waals surface area contributed by atoms with E-state index in [9.17, 15) is 4.79 Å². The Morgan fingerprint density at radius 2 is 1.62 bits per heavy atom. The largest absolute Gasteiger partial charge is 0.489 e. The zero-order valence-corrected chi connectivity index (χ0v) is 16.5. The molecule has 0 atom stereocenters. The highest BCUT2D eigenvalue weighted by molar-refractivity contribution is 5.89. The molecule has 0 fully saturated rings. The van der Waals surface area contributed by atoms with Crippen molar-refractivity contribution in [3.05, 3.63) is 102 Å². The average molecular weight is 384 g/mol. The first-order chi connectivity index (χ1) is 14.2. The minimum absolute atomic E-state index is 0.0192. The second kappa shape index (κ2) is 8.65. The van der Waals surface area contributed by atoms with Crippen LogP contribution < -0.4 is 10.1 Å². The molecule has 0 aliphatic rings. The van der Waals surface area contributed by atoms with Crippen LogP contribution >= 0.6 is 0 Å². The molecular formula is C25H24N2O2. The molecular weight excluding hydrogens is 360 g/mol. The summed E-state index contributed by atoms with van der Waals surface area (Å²) in [7, 11) is 2.01. The summed E-state index contributed by atoms with van der Waals surface area (Å²) < 4.78 is 7.87. The van der Waals surface area contributed by atoms with Crippen LogP contribution in [0.5, 0.6) is 5.75 Å². The zero-order chi connectivity index (χ0) is 20.1. The van der Waals surface area contributed by atoms with Gasteiger partial charge in [-0.2, -0.15) is 0 Å². The van der Waals surface area contributed by atoms with Gasteiger partial charge in [0.15, 0.2) is 0 Å². The maximum atomic E-state index is 12.4. The molecule has 146 valence electrons. The monoisotopic (exact) mass is 384 g/mol. The number of rotatable bonds is 7. The van der Waals surface area contributed by atoms with E-state index in [4.69, 9.17) is 4.74 Å². The summed E-state index contributed by atoms with van der Waals surface area (Å²) in [6, 6.07) is 26.1. The van der Waals surface area contributed by atoms with E-state index in [1.165, 1.54) is 0 Å². The summed E-state index contributed by atoms with van der Waals surface area (Å²) in [5, 5.41) is 4.14. The van der Waals surface area contributed by atoms with Gasteiger partial charge in [-0.25, -0.2) is 0 Å². The number of nitrogens with one attached hydrogen (secondary N) is 1. The fourth-order valence-corrected chi connectivity index (χ4v) is 3.45. The van der Waals surface area contributed by atoms with Crippen LogP contribution in [0.2, 0.25) is 0 Å². The van der Waals surface area contributed by atoms with Crippen LogP contribution in [-0.2, 0) is 31.4 Å². The lowest BCUT2D eigenvalue weighted by molar-refractivity contribution is -0.120. The molecule has 0 spiro atoms. The Kier molecular flexibility index (Phi) is 5.61. The predicted octanol–water partition coefficient (Wildman–Crippen LogP) is 4.62. The van der Waals surface area contributed by atoms with E-state index in [-0.39, 0.29) is 5.91 Å². The molecule has 0 saturated carbocycles. The summed E-state index contributed by atoms with van der Waals surface area (Å²) in [6.45, 7) is 1.05. The van der Waals surface area contributed by atoms with E-state index < -0.39 is 0 Å². The third kappa shape index (κ3) is 4.66. The van der Waals surface area contributed by atoms with Crippen LogP contribution in [0, 0.1) is 0 Å². The molecule has 0 aliphatic heterocycles. The lowest BCUT2D eigenvalue weighted by Gasteiger charge is -2.08. The highest BCUT2D eigenvalue weighted by Gasteiger charge is 2.10. The van der Waals surface area contributed by atoms with Gasteiger partial charge in [0, 0.05) is 30.7 Å². The van der Waals surface area contributed by atoms with Gasteiger partial charge in [0.05, 0.1) is 6.42 Å². The van der Waals surface area contributed by atoms with E-state index >= 15 is 0 Å². The standard InChI is InChI=1S/C25H24N2O2/c1-27-17-21(23-9-5-6-10-24(23)27)15-25(28)26-16-19-11-13-22(14-12-19)29-18-20-7-3-2-4-8-20/h2-14,17H,15-16,18H2,1H3,(H,26,28). The molecule has 29 heavy (non-hydrogen) atoms. The van der Waals surface area contributed by atoms with Crippen molar-refractivity contribution >= 4 is 16.8 Å². The van der Waals surface area contributed by atoms with Crippen molar-refractivity contribution in [2.75, 3.05) is 0 Å². The minimum Gasteiger partial charge on any atom is -0.489 e. The molecule has 1 N–H and O–H groups in total. The number of amides is 1. The van der Waals surface area contributed by atoms with Crippen LogP contribution in [0.3, 0.4) is 0 Å². The number of aryl methyl sites for hydroxylation is 1. The molecule has 0 bridgehead atoms. The predicted molar refractivity (Wildman–Crippen MR) is 116 cm³/mol. The number of hydrogen-bond donors (Lipinski definition) is 1. The van der Waals surface area contributed by atoms with Crippen LogP contribution in [0.4, 0.5) is 0 Å². The summed E-state index contributed by atoms with van der Waals surface area (Å²) in [4.78, 5) is 12.4.